The molecule has 138 valence electrons. The van der Waals surface area contributed by atoms with Crippen molar-refractivity contribution in [2.45, 2.75) is 13.0 Å². The second-order valence-electron chi connectivity index (χ2n) is 6.54. The Morgan fingerprint density at radius 1 is 1.00 bits per heavy atom. The summed E-state index contributed by atoms with van der Waals surface area (Å²) in [5, 5.41) is 2.99. The number of nitrogens with zero attached hydrogens (tertiary/aromatic N) is 2. The van der Waals surface area contributed by atoms with Gasteiger partial charge in [-0.2, -0.15) is 0 Å². The maximum Gasteiger partial charge on any atom is 0.221 e. The molecule has 0 radical (unpaired) electrons. The van der Waals surface area contributed by atoms with Crippen LogP contribution in [0.3, 0.4) is 0 Å². The van der Waals surface area contributed by atoms with Gasteiger partial charge in [0.05, 0.1) is 7.11 Å². The van der Waals surface area contributed by atoms with Gasteiger partial charge < -0.3 is 15.0 Å². The summed E-state index contributed by atoms with van der Waals surface area (Å²) in [6.07, 6.45) is 0.543. The van der Waals surface area contributed by atoms with E-state index in [0.717, 1.165) is 44.0 Å². The number of nitrogens with one attached hydrogen (secondary N) is 1. The van der Waals surface area contributed by atoms with Crippen LogP contribution in [-0.4, -0.2) is 50.6 Å². The molecule has 5 nitrogen and oxygen atoms in total. The molecule has 5 heteroatoms. The number of hydrogen-bond acceptors (Lipinski definition) is 4. The summed E-state index contributed by atoms with van der Waals surface area (Å²) in [5.41, 5.74) is 2.36. The fourth-order valence-corrected chi connectivity index (χ4v) is 3.16. The monoisotopic (exact) mass is 353 g/mol. The van der Waals surface area contributed by atoms with E-state index in [2.05, 4.69) is 39.4 Å². The van der Waals surface area contributed by atoms with Crippen molar-refractivity contribution in [3.63, 3.8) is 0 Å². The number of anilines is 1. The second-order valence-corrected chi connectivity index (χ2v) is 6.54. The maximum absolute atomic E-state index is 12.1. The number of carbonyl (C=O) groups excluding carboxylic acids is 1. The average Bonchev–Trinajstić information content (AvgIpc) is 2.72. The molecule has 1 N–H and O–H groups in total. The predicted molar refractivity (Wildman–Crippen MR) is 105 cm³/mol. The van der Waals surface area contributed by atoms with E-state index in [9.17, 15) is 4.79 Å². The predicted octanol–water partition coefficient (Wildman–Crippen LogP) is 2.52. The molecule has 0 aliphatic carbocycles. The Bertz CT molecular complexity index is 680. The van der Waals surface area contributed by atoms with E-state index in [1.807, 2.05) is 30.3 Å². The highest BCUT2D eigenvalue weighted by Crippen LogP contribution is 2.15. The van der Waals surface area contributed by atoms with E-state index >= 15 is 0 Å². The minimum Gasteiger partial charge on any atom is -0.497 e. The van der Waals surface area contributed by atoms with Crippen LogP contribution < -0.4 is 15.0 Å². The van der Waals surface area contributed by atoms with Gasteiger partial charge in [-0.3, -0.25) is 9.69 Å². The third-order valence-electron chi connectivity index (χ3n) is 4.80. The van der Waals surface area contributed by atoms with Gasteiger partial charge in [-0.15, -0.1) is 0 Å². The number of hydrogen-bond donors (Lipinski definition) is 1. The van der Waals surface area contributed by atoms with Gasteiger partial charge in [0.2, 0.25) is 5.91 Å². The number of carbonyl (C=O) groups is 1. The lowest BCUT2D eigenvalue weighted by atomic mass is 10.2. The zero-order valence-corrected chi connectivity index (χ0v) is 15.4. The summed E-state index contributed by atoms with van der Waals surface area (Å²) < 4.78 is 5.14. The van der Waals surface area contributed by atoms with Gasteiger partial charge in [-0.1, -0.05) is 30.3 Å². The van der Waals surface area contributed by atoms with Crippen molar-refractivity contribution in [2.24, 2.45) is 0 Å². The van der Waals surface area contributed by atoms with Crippen LogP contribution in [0, 0.1) is 0 Å². The quantitative estimate of drug-likeness (QED) is 0.831. The first-order valence-corrected chi connectivity index (χ1v) is 9.16. The average molecular weight is 353 g/mol. The largest absolute Gasteiger partial charge is 0.497 e. The van der Waals surface area contributed by atoms with Crippen LogP contribution in [0.4, 0.5) is 5.69 Å². The lowest BCUT2D eigenvalue weighted by molar-refractivity contribution is -0.121. The van der Waals surface area contributed by atoms with Crippen LogP contribution in [-0.2, 0) is 11.3 Å². The first-order valence-electron chi connectivity index (χ1n) is 9.16. The van der Waals surface area contributed by atoms with Gasteiger partial charge in [-0.05, 0) is 29.8 Å². The summed E-state index contributed by atoms with van der Waals surface area (Å²) in [6.45, 7) is 5.40. The minimum atomic E-state index is 0.103. The minimum absolute atomic E-state index is 0.103. The summed E-state index contributed by atoms with van der Waals surface area (Å²) >= 11 is 0. The topological polar surface area (TPSA) is 44.8 Å². The Hall–Kier alpha value is -2.53. The highest BCUT2D eigenvalue weighted by Gasteiger charge is 2.17. The third kappa shape index (κ3) is 5.23. The smallest absolute Gasteiger partial charge is 0.221 e. The standard InChI is InChI=1S/C21H27N3O2/c1-26-20-9-7-18(8-10-20)17-22-21(25)11-12-23-13-15-24(16-14-23)19-5-3-2-4-6-19/h2-10H,11-17H2,1H3,(H,22,25). The Labute approximate surface area is 155 Å². The number of amides is 1. The Kier molecular flexibility index (Phi) is 6.50. The number of piperazine rings is 1. The normalized spacial score (nSPS) is 14.9. The maximum atomic E-state index is 12.1. The number of rotatable bonds is 7. The first kappa shape index (κ1) is 18.3. The zero-order valence-electron chi connectivity index (χ0n) is 15.4. The first-order chi connectivity index (χ1) is 12.7. The molecule has 0 bridgehead atoms. The van der Waals surface area contributed by atoms with Crippen LogP contribution in [0.2, 0.25) is 0 Å². The van der Waals surface area contributed by atoms with Crippen LogP contribution in [0.1, 0.15) is 12.0 Å². The molecule has 1 saturated heterocycles. The number of methoxy groups -OCH3 is 1. The number of ether oxygens (including phenoxy) is 1. The molecule has 0 atom stereocenters. The summed E-state index contributed by atoms with van der Waals surface area (Å²) in [5.74, 6) is 0.932. The van der Waals surface area contributed by atoms with Crippen molar-refractivity contribution in [3.8, 4) is 5.75 Å². The Morgan fingerprint density at radius 2 is 1.69 bits per heavy atom. The van der Waals surface area contributed by atoms with Crippen molar-refractivity contribution >= 4 is 11.6 Å². The highest BCUT2D eigenvalue weighted by atomic mass is 16.5. The molecule has 0 unspecified atom stereocenters. The van der Waals surface area contributed by atoms with Crippen LogP contribution in [0.15, 0.2) is 54.6 Å². The van der Waals surface area contributed by atoms with Crippen molar-refractivity contribution in [2.75, 3.05) is 44.7 Å². The molecule has 1 amide bonds. The SMILES string of the molecule is COc1ccc(CNC(=O)CCN2CCN(c3ccccc3)CC2)cc1. The Balaban J connectivity index is 1.34. The fraction of sp³-hybridized carbons (Fsp3) is 0.381. The summed E-state index contributed by atoms with van der Waals surface area (Å²) in [6, 6.07) is 18.3. The summed E-state index contributed by atoms with van der Waals surface area (Å²) in [4.78, 5) is 16.9. The van der Waals surface area contributed by atoms with E-state index in [4.69, 9.17) is 4.74 Å². The van der Waals surface area contributed by atoms with Crippen molar-refractivity contribution in [1.29, 1.82) is 0 Å². The number of benzene rings is 2. The van der Waals surface area contributed by atoms with E-state index in [1.54, 1.807) is 7.11 Å². The number of para-hydroxylation sites is 1. The molecule has 1 aliphatic heterocycles. The molecule has 26 heavy (non-hydrogen) atoms. The van der Waals surface area contributed by atoms with Crippen LogP contribution in [0.5, 0.6) is 5.75 Å². The van der Waals surface area contributed by atoms with Gasteiger partial charge in [-0.25, -0.2) is 0 Å². The molecule has 2 aromatic carbocycles. The molecule has 0 spiro atoms. The van der Waals surface area contributed by atoms with Gasteiger partial charge >= 0.3 is 0 Å². The third-order valence-corrected chi connectivity index (χ3v) is 4.80. The molecular formula is C21H27N3O2. The fourth-order valence-electron chi connectivity index (χ4n) is 3.16. The van der Waals surface area contributed by atoms with Crippen molar-refractivity contribution in [1.82, 2.24) is 10.2 Å². The molecule has 1 aliphatic rings. The molecular weight excluding hydrogens is 326 g/mol. The van der Waals surface area contributed by atoms with Crippen molar-refractivity contribution in [3.05, 3.63) is 60.2 Å². The van der Waals surface area contributed by atoms with Gasteiger partial charge in [0, 0.05) is 51.4 Å². The van der Waals surface area contributed by atoms with Crippen LogP contribution in [0.25, 0.3) is 0 Å². The van der Waals surface area contributed by atoms with E-state index in [-0.39, 0.29) is 5.91 Å². The van der Waals surface area contributed by atoms with E-state index in [1.165, 1.54) is 5.69 Å². The Morgan fingerprint density at radius 3 is 2.35 bits per heavy atom. The molecule has 1 heterocycles. The second kappa shape index (κ2) is 9.25. The van der Waals surface area contributed by atoms with Gasteiger partial charge in [0.1, 0.15) is 5.75 Å². The van der Waals surface area contributed by atoms with E-state index < -0.39 is 0 Å². The highest BCUT2D eigenvalue weighted by molar-refractivity contribution is 5.76. The lowest BCUT2D eigenvalue weighted by Crippen LogP contribution is -2.47. The zero-order chi connectivity index (χ0) is 18.2. The molecule has 1 fully saturated rings. The molecule has 0 saturated carbocycles. The summed E-state index contributed by atoms with van der Waals surface area (Å²) in [7, 11) is 1.65. The van der Waals surface area contributed by atoms with Crippen LogP contribution >= 0.6 is 0 Å². The molecule has 3 rings (SSSR count). The van der Waals surface area contributed by atoms with E-state index in [0.29, 0.717) is 13.0 Å². The lowest BCUT2D eigenvalue weighted by Gasteiger charge is -2.36. The van der Waals surface area contributed by atoms with Gasteiger partial charge in [0.25, 0.3) is 0 Å². The van der Waals surface area contributed by atoms with Crippen molar-refractivity contribution < 1.29 is 9.53 Å². The van der Waals surface area contributed by atoms with Gasteiger partial charge in [0.15, 0.2) is 0 Å². The molecule has 2 aromatic rings. The molecule has 0 aromatic heterocycles.